The van der Waals surface area contributed by atoms with Gasteiger partial charge in [0, 0.05) is 11.9 Å². The van der Waals surface area contributed by atoms with Gasteiger partial charge in [-0.2, -0.15) is 0 Å². The summed E-state index contributed by atoms with van der Waals surface area (Å²) in [5.74, 6) is 0.997. The van der Waals surface area contributed by atoms with E-state index < -0.39 is 0 Å². The minimum atomic E-state index is 0.997. The molecule has 3 rings (SSSR count). The number of hydrogen-bond donors (Lipinski definition) is 0. The van der Waals surface area contributed by atoms with E-state index in [1.807, 2.05) is 44.3 Å². The first-order valence-electron chi connectivity index (χ1n) is 5.63. The van der Waals surface area contributed by atoms with Gasteiger partial charge in [-0.25, -0.2) is 4.98 Å². The van der Waals surface area contributed by atoms with Crippen LogP contribution in [0, 0.1) is 13.8 Å². The summed E-state index contributed by atoms with van der Waals surface area (Å²) in [6, 6.07) is 12.2. The Balaban J connectivity index is 2.33. The second-order valence-corrected chi connectivity index (χ2v) is 4.14. The van der Waals surface area contributed by atoms with Crippen LogP contribution < -0.4 is 0 Å². The lowest BCUT2D eigenvalue weighted by atomic mass is 10.3. The largest absolute Gasteiger partial charge is 0.296 e. The van der Waals surface area contributed by atoms with Crippen molar-refractivity contribution in [2.45, 2.75) is 13.8 Å². The molecule has 0 aliphatic carbocycles. The maximum absolute atomic E-state index is 4.56. The highest BCUT2D eigenvalue weighted by Crippen LogP contribution is 2.20. The molecule has 17 heavy (non-hydrogen) atoms. The van der Waals surface area contributed by atoms with Crippen molar-refractivity contribution in [3.63, 3.8) is 0 Å². The van der Waals surface area contributed by atoms with Crippen molar-refractivity contribution in [2.24, 2.45) is 0 Å². The standard InChI is InChI=1S/C14H13N3/c1-10-9-12(7-8-15-10)17-11(2)16-13-5-3-4-6-14(13)17/h3-9H,1-2H3. The smallest absolute Gasteiger partial charge is 0.111 e. The molecule has 0 fully saturated rings. The van der Waals surface area contributed by atoms with Gasteiger partial charge in [0.1, 0.15) is 5.82 Å². The van der Waals surface area contributed by atoms with Gasteiger partial charge in [0.15, 0.2) is 0 Å². The number of aromatic nitrogens is 3. The van der Waals surface area contributed by atoms with Gasteiger partial charge in [-0.05, 0) is 38.1 Å². The topological polar surface area (TPSA) is 30.7 Å². The van der Waals surface area contributed by atoms with Gasteiger partial charge in [0.2, 0.25) is 0 Å². The van der Waals surface area contributed by atoms with E-state index in [-0.39, 0.29) is 0 Å². The molecule has 2 aromatic heterocycles. The summed E-state index contributed by atoms with van der Waals surface area (Å²) in [6.45, 7) is 4.02. The van der Waals surface area contributed by atoms with Crippen LogP contribution in [-0.2, 0) is 0 Å². The zero-order valence-electron chi connectivity index (χ0n) is 9.88. The summed E-state index contributed by atoms with van der Waals surface area (Å²) >= 11 is 0. The Bertz CT molecular complexity index is 683. The third kappa shape index (κ3) is 1.60. The summed E-state index contributed by atoms with van der Waals surface area (Å²) in [5, 5.41) is 0. The molecule has 0 aliphatic heterocycles. The Morgan fingerprint density at radius 3 is 2.71 bits per heavy atom. The minimum absolute atomic E-state index is 0.997. The quantitative estimate of drug-likeness (QED) is 0.634. The fourth-order valence-electron chi connectivity index (χ4n) is 2.14. The van der Waals surface area contributed by atoms with Crippen LogP contribution in [0.2, 0.25) is 0 Å². The zero-order valence-corrected chi connectivity index (χ0v) is 9.88. The molecule has 0 saturated carbocycles. The first kappa shape index (κ1) is 10.0. The van der Waals surface area contributed by atoms with Gasteiger partial charge in [0.25, 0.3) is 0 Å². The highest BCUT2D eigenvalue weighted by Gasteiger charge is 2.08. The second kappa shape index (κ2) is 3.70. The number of imidazole rings is 1. The number of fused-ring (bicyclic) bond motifs is 1. The molecule has 0 saturated heterocycles. The molecule has 3 nitrogen and oxygen atoms in total. The van der Waals surface area contributed by atoms with E-state index in [0.717, 1.165) is 28.2 Å². The molecule has 1 aromatic carbocycles. The highest BCUT2D eigenvalue weighted by molar-refractivity contribution is 5.78. The molecule has 3 heteroatoms. The second-order valence-electron chi connectivity index (χ2n) is 4.14. The lowest BCUT2D eigenvalue weighted by Gasteiger charge is -2.07. The summed E-state index contributed by atoms with van der Waals surface area (Å²) in [5.41, 5.74) is 4.29. The molecule has 2 heterocycles. The predicted molar refractivity (Wildman–Crippen MR) is 68.3 cm³/mol. The van der Waals surface area contributed by atoms with E-state index in [1.54, 1.807) is 0 Å². The monoisotopic (exact) mass is 223 g/mol. The van der Waals surface area contributed by atoms with E-state index in [2.05, 4.69) is 26.7 Å². The minimum Gasteiger partial charge on any atom is -0.296 e. The van der Waals surface area contributed by atoms with Gasteiger partial charge >= 0.3 is 0 Å². The molecule has 0 bridgehead atoms. The molecular formula is C14H13N3. The average molecular weight is 223 g/mol. The summed E-state index contributed by atoms with van der Waals surface area (Å²) in [7, 11) is 0. The molecule has 0 amide bonds. The Morgan fingerprint density at radius 2 is 1.88 bits per heavy atom. The number of para-hydroxylation sites is 2. The summed E-state index contributed by atoms with van der Waals surface area (Å²) in [4.78, 5) is 8.79. The maximum Gasteiger partial charge on any atom is 0.111 e. The van der Waals surface area contributed by atoms with E-state index in [1.165, 1.54) is 0 Å². The molecule has 0 radical (unpaired) electrons. The number of nitrogens with zero attached hydrogens (tertiary/aromatic N) is 3. The normalized spacial score (nSPS) is 10.9. The van der Waals surface area contributed by atoms with Crippen LogP contribution in [0.1, 0.15) is 11.5 Å². The van der Waals surface area contributed by atoms with Crippen LogP contribution in [0.3, 0.4) is 0 Å². The number of benzene rings is 1. The number of rotatable bonds is 1. The van der Waals surface area contributed by atoms with Crippen molar-refractivity contribution in [3.05, 3.63) is 54.1 Å². The van der Waals surface area contributed by atoms with E-state index in [4.69, 9.17) is 0 Å². The number of hydrogen-bond acceptors (Lipinski definition) is 2. The van der Waals surface area contributed by atoms with Gasteiger partial charge in [-0.3, -0.25) is 9.55 Å². The van der Waals surface area contributed by atoms with Crippen LogP contribution in [0.15, 0.2) is 42.6 Å². The summed E-state index contributed by atoms with van der Waals surface area (Å²) in [6.07, 6.45) is 1.83. The van der Waals surface area contributed by atoms with E-state index in [9.17, 15) is 0 Å². The number of pyridine rings is 1. The van der Waals surface area contributed by atoms with Crippen molar-refractivity contribution >= 4 is 11.0 Å². The van der Waals surface area contributed by atoms with Crippen LogP contribution in [0.25, 0.3) is 16.7 Å². The Morgan fingerprint density at radius 1 is 1.06 bits per heavy atom. The lowest BCUT2D eigenvalue weighted by Crippen LogP contribution is -1.97. The molecule has 0 unspecified atom stereocenters. The average Bonchev–Trinajstić information content (AvgIpc) is 2.64. The fourth-order valence-corrected chi connectivity index (χ4v) is 2.14. The predicted octanol–water partition coefficient (Wildman–Crippen LogP) is 3.04. The van der Waals surface area contributed by atoms with E-state index >= 15 is 0 Å². The van der Waals surface area contributed by atoms with Crippen molar-refractivity contribution in [1.29, 1.82) is 0 Å². The van der Waals surface area contributed by atoms with Crippen LogP contribution in [-0.4, -0.2) is 14.5 Å². The molecule has 84 valence electrons. The van der Waals surface area contributed by atoms with Crippen molar-refractivity contribution < 1.29 is 0 Å². The molecular weight excluding hydrogens is 210 g/mol. The Hall–Kier alpha value is -2.16. The molecule has 3 aromatic rings. The van der Waals surface area contributed by atoms with Gasteiger partial charge in [-0.1, -0.05) is 12.1 Å². The zero-order chi connectivity index (χ0) is 11.8. The Labute approximate surface area is 99.8 Å². The highest BCUT2D eigenvalue weighted by atomic mass is 15.1. The van der Waals surface area contributed by atoms with Crippen molar-refractivity contribution in [2.75, 3.05) is 0 Å². The third-order valence-electron chi connectivity index (χ3n) is 2.87. The SMILES string of the molecule is Cc1cc(-n2c(C)nc3ccccc32)ccn1. The molecule has 0 spiro atoms. The van der Waals surface area contributed by atoms with Crippen LogP contribution in [0.5, 0.6) is 0 Å². The number of aryl methyl sites for hydroxylation is 2. The van der Waals surface area contributed by atoms with Crippen molar-refractivity contribution in [3.8, 4) is 5.69 Å². The lowest BCUT2D eigenvalue weighted by molar-refractivity contribution is 0.989. The fraction of sp³-hybridized carbons (Fsp3) is 0.143. The Kier molecular flexibility index (Phi) is 2.18. The van der Waals surface area contributed by atoms with Crippen LogP contribution >= 0.6 is 0 Å². The van der Waals surface area contributed by atoms with Gasteiger partial charge < -0.3 is 0 Å². The molecule has 0 aliphatic rings. The van der Waals surface area contributed by atoms with Crippen LogP contribution in [0.4, 0.5) is 0 Å². The van der Waals surface area contributed by atoms with E-state index in [0.29, 0.717) is 0 Å². The first-order valence-corrected chi connectivity index (χ1v) is 5.63. The third-order valence-corrected chi connectivity index (χ3v) is 2.87. The maximum atomic E-state index is 4.56. The molecule has 0 N–H and O–H groups in total. The summed E-state index contributed by atoms with van der Waals surface area (Å²) < 4.78 is 2.16. The van der Waals surface area contributed by atoms with Crippen molar-refractivity contribution in [1.82, 2.24) is 14.5 Å². The van der Waals surface area contributed by atoms with Gasteiger partial charge in [0.05, 0.1) is 16.7 Å². The van der Waals surface area contributed by atoms with Gasteiger partial charge in [-0.15, -0.1) is 0 Å². The first-order chi connectivity index (χ1) is 8.25. The molecule has 0 atom stereocenters.